The Labute approximate surface area is 68.7 Å². The quantitative estimate of drug-likeness (QED) is 0.581. The highest BCUT2D eigenvalue weighted by atomic mass is 35.5. The van der Waals surface area contributed by atoms with Gasteiger partial charge in [-0.05, 0) is 11.8 Å². The van der Waals surface area contributed by atoms with Gasteiger partial charge in [-0.25, -0.2) is 0 Å². The minimum atomic E-state index is -0.123. The molecule has 0 amide bonds. The average molecular weight is 165 g/mol. The summed E-state index contributed by atoms with van der Waals surface area (Å²) in [6.07, 6.45) is 0. The molecular weight excluding hydrogens is 148 g/mol. The average Bonchev–Trinajstić information content (AvgIpc) is 1.82. The Morgan fingerprint density at radius 1 is 1.20 bits per heavy atom. The third-order valence-electron chi connectivity index (χ3n) is 1.11. The molecule has 0 spiro atoms. The summed E-state index contributed by atoms with van der Waals surface area (Å²) < 4.78 is 5.33. The topological polar surface area (TPSA) is 9.23 Å². The molecule has 10 heavy (non-hydrogen) atoms. The molecule has 0 N–H and O–H groups in total. The third kappa shape index (κ3) is 5.07. The number of alkyl halides is 1. The second-order valence-corrected chi connectivity index (χ2v) is 3.75. The fraction of sp³-hybridized carbons (Fsp3) is 1.00. The maximum absolute atomic E-state index is 5.84. The Balaban J connectivity index is 3.30. The first-order valence-electron chi connectivity index (χ1n) is 3.79. The number of ether oxygens (including phenoxy) is 1. The van der Waals surface area contributed by atoms with Crippen molar-refractivity contribution in [1.29, 1.82) is 0 Å². The van der Waals surface area contributed by atoms with Gasteiger partial charge < -0.3 is 4.74 Å². The number of rotatable bonds is 4. The summed E-state index contributed by atoms with van der Waals surface area (Å²) in [5.41, 5.74) is -0.123. The van der Waals surface area contributed by atoms with E-state index in [1.807, 2.05) is 0 Å². The van der Waals surface area contributed by atoms with Gasteiger partial charge >= 0.3 is 0 Å². The van der Waals surface area contributed by atoms with Crippen LogP contribution in [0.4, 0.5) is 0 Å². The van der Waals surface area contributed by atoms with Gasteiger partial charge in [0.25, 0.3) is 0 Å². The molecule has 0 saturated carbocycles. The molecule has 0 heterocycles. The van der Waals surface area contributed by atoms with Gasteiger partial charge in [0.05, 0.1) is 6.61 Å². The maximum Gasteiger partial charge on any atom is 0.133 e. The molecule has 0 saturated heterocycles. The van der Waals surface area contributed by atoms with E-state index in [2.05, 4.69) is 27.7 Å². The molecule has 0 radical (unpaired) electrons. The Morgan fingerprint density at radius 3 is 2.00 bits per heavy atom. The molecule has 0 aliphatic carbocycles. The zero-order chi connectivity index (χ0) is 8.15. The van der Waals surface area contributed by atoms with Crippen LogP contribution in [0.25, 0.3) is 0 Å². The number of halogens is 1. The summed E-state index contributed by atoms with van der Waals surface area (Å²) in [6, 6.07) is 0. The van der Waals surface area contributed by atoms with Gasteiger partial charge in [0.15, 0.2) is 0 Å². The first-order valence-corrected chi connectivity index (χ1v) is 4.23. The van der Waals surface area contributed by atoms with E-state index in [-0.39, 0.29) is 5.56 Å². The maximum atomic E-state index is 5.84. The van der Waals surface area contributed by atoms with E-state index in [9.17, 15) is 0 Å². The summed E-state index contributed by atoms with van der Waals surface area (Å²) in [4.78, 5) is 0. The highest BCUT2D eigenvalue weighted by molar-refractivity contribution is 6.19. The van der Waals surface area contributed by atoms with E-state index in [0.29, 0.717) is 11.8 Å². The van der Waals surface area contributed by atoms with Gasteiger partial charge in [-0.3, -0.25) is 0 Å². The monoisotopic (exact) mass is 164 g/mol. The van der Waals surface area contributed by atoms with Crippen molar-refractivity contribution < 1.29 is 4.74 Å². The fourth-order valence-electron chi connectivity index (χ4n) is 0.477. The first kappa shape index (κ1) is 10.2. The summed E-state index contributed by atoms with van der Waals surface area (Å²) in [5, 5.41) is 0. The minimum Gasteiger partial charge on any atom is -0.362 e. The van der Waals surface area contributed by atoms with Crippen LogP contribution in [0.5, 0.6) is 0 Å². The Morgan fingerprint density at radius 2 is 1.70 bits per heavy atom. The Bertz CT molecular complexity index is 81.3. The lowest BCUT2D eigenvalue weighted by Gasteiger charge is -2.15. The lowest BCUT2D eigenvalue weighted by Crippen LogP contribution is -2.15. The van der Waals surface area contributed by atoms with Gasteiger partial charge in [-0.2, -0.15) is 0 Å². The van der Waals surface area contributed by atoms with Gasteiger partial charge in [-0.1, -0.05) is 39.3 Å². The highest BCUT2D eigenvalue weighted by Gasteiger charge is 2.09. The lowest BCUT2D eigenvalue weighted by atomic mass is 10.2. The largest absolute Gasteiger partial charge is 0.362 e. The normalized spacial score (nSPS) is 14.7. The van der Waals surface area contributed by atoms with Crippen molar-refractivity contribution in [2.24, 2.45) is 11.8 Å². The van der Waals surface area contributed by atoms with Crippen molar-refractivity contribution in [2.45, 2.75) is 33.3 Å². The molecule has 2 heteroatoms. The van der Waals surface area contributed by atoms with Crippen molar-refractivity contribution >= 4 is 11.6 Å². The van der Waals surface area contributed by atoms with Crippen LogP contribution in [0, 0.1) is 11.8 Å². The summed E-state index contributed by atoms with van der Waals surface area (Å²) in [5.74, 6) is 0.973. The summed E-state index contributed by atoms with van der Waals surface area (Å²) >= 11 is 5.84. The van der Waals surface area contributed by atoms with Crippen molar-refractivity contribution in [3.63, 3.8) is 0 Å². The lowest BCUT2D eigenvalue weighted by molar-refractivity contribution is 0.0597. The predicted octanol–water partition coefficient (Wildman–Crippen LogP) is 2.88. The van der Waals surface area contributed by atoms with Crippen LogP contribution in [-0.4, -0.2) is 12.2 Å². The van der Waals surface area contributed by atoms with Gasteiger partial charge in [-0.15, -0.1) is 0 Å². The van der Waals surface area contributed by atoms with E-state index in [1.54, 1.807) is 0 Å². The van der Waals surface area contributed by atoms with Crippen molar-refractivity contribution in [3.05, 3.63) is 0 Å². The van der Waals surface area contributed by atoms with E-state index >= 15 is 0 Å². The summed E-state index contributed by atoms with van der Waals surface area (Å²) in [7, 11) is 0. The second-order valence-electron chi connectivity index (χ2n) is 3.32. The van der Waals surface area contributed by atoms with Crippen LogP contribution in [0.3, 0.4) is 0 Å². The molecular formula is C8H17ClO. The summed E-state index contributed by atoms with van der Waals surface area (Å²) in [6.45, 7) is 9.09. The van der Waals surface area contributed by atoms with Crippen LogP contribution >= 0.6 is 11.6 Å². The Kier molecular flexibility index (Phi) is 5.10. The SMILES string of the molecule is CC(C)COC(Cl)C(C)C. The molecule has 0 aromatic heterocycles. The molecule has 0 fully saturated rings. The Hall–Kier alpha value is 0.250. The van der Waals surface area contributed by atoms with Gasteiger partial charge in [0.1, 0.15) is 5.56 Å². The van der Waals surface area contributed by atoms with Crippen LogP contribution in [0.15, 0.2) is 0 Å². The molecule has 0 aromatic rings. The van der Waals surface area contributed by atoms with E-state index in [0.717, 1.165) is 6.61 Å². The highest BCUT2D eigenvalue weighted by Crippen LogP contribution is 2.11. The van der Waals surface area contributed by atoms with Crippen LogP contribution in [-0.2, 0) is 4.74 Å². The molecule has 62 valence electrons. The van der Waals surface area contributed by atoms with E-state index < -0.39 is 0 Å². The zero-order valence-electron chi connectivity index (χ0n) is 7.23. The number of hydrogen-bond acceptors (Lipinski definition) is 1. The zero-order valence-corrected chi connectivity index (χ0v) is 7.98. The molecule has 1 atom stereocenters. The molecule has 0 bridgehead atoms. The smallest absolute Gasteiger partial charge is 0.133 e. The minimum absolute atomic E-state index is 0.123. The molecule has 1 unspecified atom stereocenters. The van der Waals surface area contributed by atoms with E-state index in [1.165, 1.54) is 0 Å². The number of hydrogen-bond donors (Lipinski definition) is 0. The molecule has 0 aliphatic rings. The first-order chi connectivity index (χ1) is 4.54. The van der Waals surface area contributed by atoms with Crippen molar-refractivity contribution in [3.8, 4) is 0 Å². The second kappa shape index (κ2) is 4.97. The van der Waals surface area contributed by atoms with Crippen molar-refractivity contribution in [2.75, 3.05) is 6.61 Å². The van der Waals surface area contributed by atoms with Gasteiger partial charge in [0, 0.05) is 0 Å². The molecule has 0 aliphatic heterocycles. The van der Waals surface area contributed by atoms with Crippen LogP contribution in [0.1, 0.15) is 27.7 Å². The standard InChI is InChI=1S/C8H17ClO/c1-6(2)5-10-8(9)7(3)4/h6-8H,5H2,1-4H3. The molecule has 0 aromatic carbocycles. The van der Waals surface area contributed by atoms with E-state index in [4.69, 9.17) is 16.3 Å². The molecule has 0 rings (SSSR count). The van der Waals surface area contributed by atoms with Crippen LogP contribution < -0.4 is 0 Å². The van der Waals surface area contributed by atoms with Crippen LogP contribution in [0.2, 0.25) is 0 Å². The van der Waals surface area contributed by atoms with Crippen molar-refractivity contribution in [1.82, 2.24) is 0 Å². The predicted molar refractivity (Wildman–Crippen MR) is 45.3 cm³/mol. The molecule has 1 nitrogen and oxygen atoms in total. The van der Waals surface area contributed by atoms with Gasteiger partial charge in [0.2, 0.25) is 0 Å². The third-order valence-corrected chi connectivity index (χ3v) is 1.74. The fourth-order valence-corrected chi connectivity index (χ4v) is 0.550.